The number of nitrogen functional groups attached to an aromatic ring is 1. The molecule has 1 aromatic carbocycles. The number of aromatic nitrogens is 4. The van der Waals surface area contributed by atoms with Gasteiger partial charge < -0.3 is 10.5 Å². The van der Waals surface area contributed by atoms with Gasteiger partial charge in [-0.3, -0.25) is 0 Å². The first kappa shape index (κ1) is 13.1. The van der Waals surface area contributed by atoms with Crippen molar-refractivity contribution in [3.05, 3.63) is 23.3 Å². The van der Waals surface area contributed by atoms with Crippen molar-refractivity contribution in [3.63, 3.8) is 0 Å². The topological polar surface area (TPSA) is 78.8 Å². The van der Waals surface area contributed by atoms with Crippen LogP contribution in [-0.2, 0) is 10.3 Å². The monoisotopic (exact) mass is 273 g/mol. The second-order valence-electron chi connectivity index (χ2n) is 5.74. The van der Waals surface area contributed by atoms with Gasteiger partial charge in [0.1, 0.15) is 0 Å². The van der Waals surface area contributed by atoms with Gasteiger partial charge in [-0.05, 0) is 54.8 Å². The minimum Gasteiger partial charge on any atom is -0.398 e. The number of hydrogen-bond acceptors (Lipinski definition) is 5. The fourth-order valence-corrected chi connectivity index (χ4v) is 2.65. The zero-order valence-electron chi connectivity index (χ0n) is 12.1. The average molecular weight is 273 g/mol. The van der Waals surface area contributed by atoms with Crippen molar-refractivity contribution >= 4 is 5.69 Å². The van der Waals surface area contributed by atoms with E-state index < -0.39 is 0 Å². The van der Waals surface area contributed by atoms with E-state index in [4.69, 9.17) is 10.5 Å². The minimum absolute atomic E-state index is 0.190. The maximum absolute atomic E-state index is 6.03. The lowest BCUT2D eigenvalue weighted by atomic mass is 9.99. The van der Waals surface area contributed by atoms with Crippen molar-refractivity contribution in [2.24, 2.45) is 0 Å². The summed E-state index contributed by atoms with van der Waals surface area (Å²) in [6.45, 7) is 7.54. The smallest absolute Gasteiger partial charge is 0.182 e. The Hall–Kier alpha value is -1.95. The number of rotatable bonds is 2. The molecule has 0 spiro atoms. The van der Waals surface area contributed by atoms with Gasteiger partial charge in [0, 0.05) is 17.9 Å². The SMILES string of the molecule is Cc1cc(C)c(-c2nnnn2C2(C)CCOC2)cc1N. The molecule has 0 bridgehead atoms. The summed E-state index contributed by atoms with van der Waals surface area (Å²) >= 11 is 0. The Morgan fingerprint density at radius 2 is 2.10 bits per heavy atom. The maximum Gasteiger partial charge on any atom is 0.182 e. The Morgan fingerprint density at radius 1 is 1.30 bits per heavy atom. The van der Waals surface area contributed by atoms with Gasteiger partial charge in [0.25, 0.3) is 0 Å². The highest BCUT2D eigenvalue weighted by atomic mass is 16.5. The highest BCUT2D eigenvalue weighted by Crippen LogP contribution is 2.32. The van der Waals surface area contributed by atoms with Crippen LogP contribution in [0.1, 0.15) is 24.5 Å². The van der Waals surface area contributed by atoms with E-state index in [9.17, 15) is 0 Å². The number of tetrazole rings is 1. The van der Waals surface area contributed by atoms with Crippen LogP contribution in [-0.4, -0.2) is 33.4 Å². The summed E-state index contributed by atoms with van der Waals surface area (Å²) in [4.78, 5) is 0. The largest absolute Gasteiger partial charge is 0.398 e. The Balaban J connectivity index is 2.13. The van der Waals surface area contributed by atoms with Crippen molar-refractivity contribution in [1.29, 1.82) is 0 Å². The Kier molecular flexibility index (Phi) is 2.97. The van der Waals surface area contributed by atoms with Gasteiger partial charge in [-0.2, -0.15) is 0 Å². The molecule has 3 rings (SSSR count). The predicted molar refractivity (Wildman–Crippen MR) is 76.2 cm³/mol. The fraction of sp³-hybridized carbons (Fsp3) is 0.500. The van der Waals surface area contributed by atoms with Crippen molar-refractivity contribution < 1.29 is 4.74 Å². The van der Waals surface area contributed by atoms with Crippen LogP contribution < -0.4 is 5.73 Å². The van der Waals surface area contributed by atoms with Crippen LogP contribution in [0.4, 0.5) is 5.69 Å². The predicted octanol–water partition coefficient (Wildman–Crippen LogP) is 1.67. The third-order valence-electron chi connectivity index (χ3n) is 4.03. The number of ether oxygens (including phenoxy) is 1. The molecule has 2 heterocycles. The zero-order chi connectivity index (χ0) is 14.3. The van der Waals surface area contributed by atoms with Crippen molar-refractivity contribution in [1.82, 2.24) is 20.2 Å². The summed E-state index contributed by atoms with van der Waals surface area (Å²) < 4.78 is 7.38. The molecule has 20 heavy (non-hydrogen) atoms. The molecule has 1 atom stereocenters. The van der Waals surface area contributed by atoms with Gasteiger partial charge in [-0.1, -0.05) is 6.07 Å². The first-order chi connectivity index (χ1) is 9.51. The summed E-state index contributed by atoms with van der Waals surface area (Å²) in [6.07, 6.45) is 0.908. The molecule has 1 aromatic heterocycles. The van der Waals surface area contributed by atoms with Crippen LogP contribution in [0.15, 0.2) is 12.1 Å². The molecule has 0 saturated carbocycles. The molecule has 0 aliphatic carbocycles. The fourth-order valence-electron chi connectivity index (χ4n) is 2.65. The van der Waals surface area contributed by atoms with E-state index in [0.29, 0.717) is 6.61 Å². The number of nitrogens with two attached hydrogens (primary N) is 1. The molecule has 2 N–H and O–H groups in total. The number of hydrogen-bond donors (Lipinski definition) is 1. The summed E-state index contributed by atoms with van der Waals surface area (Å²) in [5.74, 6) is 0.752. The van der Waals surface area contributed by atoms with Crippen LogP contribution in [0, 0.1) is 13.8 Å². The van der Waals surface area contributed by atoms with E-state index in [-0.39, 0.29) is 5.54 Å². The van der Waals surface area contributed by atoms with Gasteiger partial charge >= 0.3 is 0 Å². The van der Waals surface area contributed by atoms with Gasteiger partial charge in [0.2, 0.25) is 0 Å². The first-order valence-electron chi connectivity index (χ1n) is 6.75. The highest BCUT2D eigenvalue weighted by molar-refractivity contribution is 5.67. The minimum atomic E-state index is -0.190. The van der Waals surface area contributed by atoms with E-state index in [0.717, 1.165) is 41.2 Å². The van der Waals surface area contributed by atoms with Gasteiger partial charge in [0.05, 0.1) is 12.1 Å². The van der Waals surface area contributed by atoms with E-state index in [1.165, 1.54) is 0 Å². The molecular formula is C14H19N5O. The molecule has 1 aliphatic rings. The molecule has 6 heteroatoms. The molecule has 0 amide bonds. The van der Waals surface area contributed by atoms with E-state index in [1.54, 1.807) is 0 Å². The molecule has 1 aliphatic heterocycles. The van der Waals surface area contributed by atoms with Crippen LogP contribution >= 0.6 is 0 Å². The molecule has 1 saturated heterocycles. The van der Waals surface area contributed by atoms with Crippen LogP contribution in [0.2, 0.25) is 0 Å². The third-order valence-corrected chi connectivity index (χ3v) is 4.03. The van der Waals surface area contributed by atoms with E-state index in [1.807, 2.05) is 24.6 Å². The van der Waals surface area contributed by atoms with E-state index >= 15 is 0 Å². The van der Waals surface area contributed by atoms with Crippen LogP contribution in [0.5, 0.6) is 0 Å². The lowest BCUT2D eigenvalue weighted by Gasteiger charge is -2.23. The second-order valence-corrected chi connectivity index (χ2v) is 5.74. The highest BCUT2D eigenvalue weighted by Gasteiger charge is 2.35. The summed E-state index contributed by atoms with van der Waals surface area (Å²) in [7, 11) is 0. The summed E-state index contributed by atoms with van der Waals surface area (Å²) in [6, 6.07) is 4.02. The normalized spacial score (nSPS) is 22.4. The number of nitrogens with zero attached hydrogens (tertiary/aromatic N) is 4. The third kappa shape index (κ3) is 1.96. The van der Waals surface area contributed by atoms with Crippen LogP contribution in [0.25, 0.3) is 11.4 Å². The van der Waals surface area contributed by atoms with Gasteiger partial charge in [-0.25, -0.2) is 4.68 Å². The van der Waals surface area contributed by atoms with Crippen molar-refractivity contribution in [3.8, 4) is 11.4 Å². The molecule has 1 fully saturated rings. The molecule has 2 aromatic rings. The van der Waals surface area contributed by atoms with Gasteiger partial charge in [-0.15, -0.1) is 5.10 Å². The molecule has 0 radical (unpaired) electrons. The van der Waals surface area contributed by atoms with Gasteiger partial charge in [0.15, 0.2) is 5.82 Å². The maximum atomic E-state index is 6.03. The number of anilines is 1. The molecule has 106 valence electrons. The first-order valence-corrected chi connectivity index (χ1v) is 6.75. The molecule has 6 nitrogen and oxygen atoms in total. The van der Waals surface area contributed by atoms with Crippen molar-refractivity contribution in [2.45, 2.75) is 32.7 Å². The second kappa shape index (κ2) is 4.56. The Bertz CT molecular complexity index is 643. The lowest BCUT2D eigenvalue weighted by Crippen LogP contribution is -2.32. The quantitative estimate of drug-likeness (QED) is 0.842. The summed E-state index contributed by atoms with van der Waals surface area (Å²) in [5.41, 5.74) is 9.77. The average Bonchev–Trinajstić information content (AvgIpc) is 3.03. The Morgan fingerprint density at radius 3 is 2.80 bits per heavy atom. The number of benzene rings is 1. The molecule has 1 unspecified atom stereocenters. The van der Waals surface area contributed by atoms with Crippen molar-refractivity contribution in [2.75, 3.05) is 18.9 Å². The summed E-state index contributed by atoms with van der Waals surface area (Å²) in [5, 5.41) is 12.2. The Labute approximate surface area is 117 Å². The number of aryl methyl sites for hydroxylation is 2. The van der Waals surface area contributed by atoms with Crippen LogP contribution in [0.3, 0.4) is 0 Å². The van der Waals surface area contributed by atoms with E-state index in [2.05, 4.69) is 28.5 Å². The lowest BCUT2D eigenvalue weighted by molar-refractivity contribution is 0.155. The standard InChI is InChI=1S/C14H19N5O/c1-9-6-10(2)12(15)7-11(9)13-16-17-18-19(13)14(3)4-5-20-8-14/h6-7H,4-5,8,15H2,1-3H3. The zero-order valence-corrected chi connectivity index (χ0v) is 12.1. The molecular weight excluding hydrogens is 254 g/mol.